The van der Waals surface area contributed by atoms with Crippen molar-refractivity contribution in [2.45, 2.75) is 0 Å². The van der Waals surface area contributed by atoms with Gasteiger partial charge >= 0.3 is 0 Å². The SMILES string of the molecule is c1ccc(-c2ccccc2)cc1.c1cn[nH]c1. The average molecular weight is 222 g/mol. The normalized spacial score (nSPS) is 9.18. The highest BCUT2D eigenvalue weighted by molar-refractivity contribution is 5.62. The molecule has 84 valence electrons. The number of nitrogens with one attached hydrogen (secondary N) is 1. The fraction of sp³-hybridized carbons (Fsp3) is 0. The molecule has 0 atom stereocenters. The summed E-state index contributed by atoms with van der Waals surface area (Å²) in [5, 5.41) is 6.21. The Bertz CT molecular complexity index is 446. The van der Waals surface area contributed by atoms with Gasteiger partial charge in [-0.2, -0.15) is 5.10 Å². The lowest BCUT2D eigenvalue weighted by molar-refractivity contribution is 1.09. The third kappa shape index (κ3) is 3.61. The molecule has 2 nitrogen and oxygen atoms in total. The summed E-state index contributed by atoms with van der Waals surface area (Å²) in [5.74, 6) is 0. The lowest BCUT2D eigenvalue weighted by Gasteiger charge is -1.98. The van der Waals surface area contributed by atoms with Gasteiger partial charge in [0.05, 0.1) is 0 Å². The Kier molecular flexibility index (Phi) is 4.12. The molecule has 1 N–H and O–H groups in total. The van der Waals surface area contributed by atoms with Crippen LogP contribution >= 0.6 is 0 Å². The Labute approximate surface area is 101 Å². The summed E-state index contributed by atoms with van der Waals surface area (Å²) in [4.78, 5) is 0. The largest absolute Gasteiger partial charge is 0.286 e. The monoisotopic (exact) mass is 222 g/mol. The first-order valence-corrected chi connectivity index (χ1v) is 5.51. The number of H-pyrrole nitrogens is 1. The third-order valence-corrected chi connectivity index (χ3v) is 2.29. The van der Waals surface area contributed by atoms with Crippen LogP contribution < -0.4 is 0 Å². The first kappa shape index (κ1) is 11.1. The van der Waals surface area contributed by atoms with E-state index in [4.69, 9.17) is 0 Å². The van der Waals surface area contributed by atoms with Crippen molar-refractivity contribution in [3.8, 4) is 11.1 Å². The van der Waals surface area contributed by atoms with Gasteiger partial charge in [-0.15, -0.1) is 0 Å². The van der Waals surface area contributed by atoms with Crippen LogP contribution in [0.5, 0.6) is 0 Å². The van der Waals surface area contributed by atoms with Gasteiger partial charge in [0.1, 0.15) is 0 Å². The van der Waals surface area contributed by atoms with Gasteiger partial charge in [-0.25, -0.2) is 0 Å². The molecular weight excluding hydrogens is 208 g/mol. The molecule has 3 aromatic rings. The molecule has 0 fully saturated rings. The molecule has 0 aliphatic heterocycles. The topological polar surface area (TPSA) is 28.7 Å². The predicted molar refractivity (Wildman–Crippen MR) is 70.5 cm³/mol. The zero-order valence-corrected chi connectivity index (χ0v) is 9.45. The van der Waals surface area contributed by atoms with E-state index in [1.807, 2.05) is 18.2 Å². The van der Waals surface area contributed by atoms with Crippen molar-refractivity contribution in [3.05, 3.63) is 79.1 Å². The number of hydrogen-bond donors (Lipinski definition) is 1. The van der Waals surface area contributed by atoms with Gasteiger partial charge in [-0.1, -0.05) is 60.7 Å². The van der Waals surface area contributed by atoms with E-state index < -0.39 is 0 Å². The van der Waals surface area contributed by atoms with Gasteiger partial charge in [-0.3, -0.25) is 5.10 Å². The van der Waals surface area contributed by atoms with Gasteiger partial charge in [0.2, 0.25) is 0 Å². The van der Waals surface area contributed by atoms with Gasteiger partial charge < -0.3 is 0 Å². The Balaban J connectivity index is 0.000000181. The fourth-order valence-corrected chi connectivity index (χ4v) is 1.48. The highest BCUT2D eigenvalue weighted by Gasteiger charge is 1.91. The van der Waals surface area contributed by atoms with E-state index in [0.717, 1.165) is 0 Å². The number of hydrogen-bond acceptors (Lipinski definition) is 1. The molecule has 0 spiro atoms. The number of aromatic nitrogens is 2. The van der Waals surface area contributed by atoms with Crippen molar-refractivity contribution in [3.63, 3.8) is 0 Å². The second-order valence-corrected chi connectivity index (χ2v) is 3.50. The van der Waals surface area contributed by atoms with Gasteiger partial charge in [0.15, 0.2) is 0 Å². The minimum Gasteiger partial charge on any atom is -0.286 e. The molecule has 0 saturated carbocycles. The summed E-state index contributed by atoms with van der Waals surface area (Å²) in [7, 11) is 0. The van der Waals surface area contributed by atoms with Crippen LogP contribution in [-0.4, -0.2) is 10.2 Å². The molecule has 0 saturated heterocycles. The molecule has 2 aromatic carbocycles. The first-order chi connectivity index (χ1) is 8.47. The molecule has 0 amide bonds. The van der Waals surface area contributed by atoms with E-state index in [1.165, 1.54) is 11.1 Å². The molecule has 0 unspecified atom stereocenters. The molecule has 0 bridgehead atoms. The zero-order chi connectivity index (χ0) is 11.8. The summed E-state index contributed by atoms with van der Waals surface area (Å²) in [6.45, 7) is 0. The van der Waals surface area contributed by atoms with Crippen LogP contribution in [0.2, 0.25) is 0 Å². The summed E-state index contributed by atoms with van der Waals surface area (Å²) in [5.41, 5.74) is 2.55. The van der Waals surface area contributed by atoms with Gasteiger partial charge in [0, 0.05) is 12.4 Å². The molecule has 0 aliphatic rings. The highest BCUT2D eigenvalue weighted by Crippen LogP contribution is 2.17. The van der Waals surface area contributed by atoms with Crippen molar-refractivity contribution in [2.24, 2.45) is 0 Å². The van der Waals surface area contributed by atoms with E-state index in [-0.39, 0.29) is 0 Å². The predicted octanol–water partition coefficient (Wildman–Crippen LogP) is 3.76. The molecule has 17 heavy (non-hydrogen) atoms. The second kappa shape index (κ2) is 6.28. The molecule has 1 heterocycles. The molecule has 0 aliphatic carbocycles. The minimum atomic E-state index is 1.28. The van der Waals surface area contributed by atoms with Crippen LogP contribution in [0.4, 0.5) is 0 Å². The van der Waals surface area contributed by atoms with E-state index in [2.05, 4.69) is 58.7 Å². The van der Waals surface area contributed by atoms with Gasteiger partial charge in [-0.05, 0) is 17.2 Å². The van der Waals surface area contributed by atoms with Crippen molar-refractivity contribution >= 4 is 0 Å². The minimum absolute atomic E-state index is 1.28. The number of rotatable bonds is 1. The van der Waals surface area contributed by atoms with Crippen LogP contribution in [0.15, 0.2) is 79.1 Å². The molecule has 3 rings (SSSR count). The fourth-order valence-electron chi connectivity index (χ4n) is 1.48. The van der Waals surface area contributed by atoms with Crippen LogP contribution in [0.1, 0.15) is 0 Å². The lowest BCUT2D eigenvalue weighted by atomic mass is 10.1. The molecule has 2 heteroatoms. The average Bonchev–Trinajstić information content (AvgIpc) is 3.00. The first-order valence-electron chi connectivity index (χ1n) is 5.51. The maximum Gasteiger partial charge on any atom is 0.0487 e. The summed E-state index contributed by atoms with van der Waals surface area (Å²) >= 11 is 0. The van der Waals surface area contributed by atoms with E-state index in [1.54, 1.807) is 12.4 Å². The Hall–Kier alpha value is -2.35. The van der Waals surface area contributed by atoms with Crippen LogP contribution in [0, 0.1) is 0 Å². The van der Waals surface area contributed by atoms with E-state index in [9.17, 15) is 0 Å². The standard InChI is InChI=1S/C12H10.C3H4N2/c1-3-7-11(8-4-1)12-9-5-2-6-10-12;1-2-4-5-3-1/h1-10H;1-3H,(H,4,5). The number of aromatic amines is 1. The summed E-state index contributed by atoms with van der Waals surface area (Å²) in [6, 6.07) is 22.6. The highest BCUT2D eigenvalue weighted by atomic mass is 15.1. The maximum atomic E-state index is 3.60. The zero-order valence-electron chi connectivity index (χ0n) is 9.45. The van der Waals surface area contributed by atoms with Crippen molar-refractivity contribution in [2.75, 3.05) is 0 Å². The molecular formula is C15H14N2. The maximum absolute atomic E-state index is 3.60. The summed E-state index contributed by atoms with van der Waals surface area (Å²) in [6.07, 6.45) is 3.46. The second-order valence-electron chi connectivity index (χ2n) is 3.50. The van der Waals surface area contributed by atoms with E-state index in [0.29, 0.717) is 0 Å². The smallest absolute Gasteiger partial charge is 0.0487 e. The number of benzene rings is 2. The summed E-state index contributed by atoms with van der Waals surface area (Å²) < 4.78 is 0. The third-order valence-electron chi connectivity index (χ3n) is 2.29. The quantitative estimate of drug-likeness (QED) is 0.667. The van der Waals surface area contributed by atoms with Crippen LogP contribution in [0.3, 0.4) is 0 Å². The molecule has 1 aromatic heterocycles. The lowest BCUT2D eigenvalue weighted by Crippen LogP contribution is -1.73. The van der Waals surface area contributed by atoms with Crippen molar-refractivity contribution < 1.29 is 0 Å². The van der Waals surface area contributed by atoms with Crippen LogP contribution in [-0.2, 0) is 0 Å². The van der Waals surface area contributed by atoms with Crippen molar-refractivity contribution in [1.29, 1.82) is 0 Å². The molecule has 0 radical (unpaired) electrons. The van der Waals surface area contributed by atoms with Gasteiger partial charge in [0.25, 0.3) is 0 Å². The van der Waals surface area contributed by atoms with Crippen LogP contribution in [0.25, 0.3) is 11.1 Å². The van der Waals surface area contributed by atoms with E-state index >= 15 is 0 Å². The Morgan fingerprint density at radius 2 is 1.18 bits per heavy atom. The number of nitrogens with zero attached hydrogens (tertiary/aromatic N) is 1. The Morgan fingerprint density at radius 1 is 0.647 bits per heavy atom. The Morgan fingerprint density at radius 3 is 1.47 bits per heavy atom. The van der Waals surface area contributed by atoms with Crippen molar-refractivity contribution in [1.82, 2.24) is 10.2 Å².